The Morgan fingerprint density at radius 2 is 1.79 bits per heavy atom. The van der Waals surface area contributed by atoms with Gasteiger partial charge in [0.1, 0.15) is 18.0 Å². The Balaban J connectivity index is 1.43. The summed E-state index contributed by atoms with van der Waals surface area (Å²) in [5.74, 6) is 1.36. The Morgan fingerprint density at radius 3 is 2.36 bits per heavy atom. The van der Waals surface area contributed by atoms with Gasteiger partial charge in [0, 0.05) is 6.42 Å². The number of esters is 1. The van der Waals surface area contributed by atoms with E-state index in [-0.39, 0.29) is 17.6 Å². The second-order valence-corrected chi connectivity index (χ2v) is 8.32. The highest BCUT2D eigenvalue weighted by atomic mass is 19.1. The average molecular weight is 384 g/mol. The minimum Gasteiger partial charge on any atom is -0.462 e. The van der Waals surface area contributed by atoms with Crippen LogP contribution in [0.3, 0.4) is 0 Å². The van der Waals surface area contributed by atoms with E-state index in [1.807, 2.05) is 12.1 Å². The maximum Gasteiger partial charge on any atom is 0.306 e. The van der Waals surface area contributed by atoms with E-state index in [4.69, 9.17) is 10.00 Å². The Kier molecular flexibility index (Phi) is 7.25. The molecule has 0 N–H and O–H groups in total. The largest absolute Gasteiger partial charge is 0.462 e. The topological polar surface area (TPSA) is 50.1 Å². The number of benzene rings is 1. The van der Waals surface area contributed by atoms with Crippen molar-refractivity contribution in [1.82, 2.24) is 0 Å². The van der Waals surface area contributed by atoms with E-state index >= 15 is 0 Å². The van der Waals surface area contributed by atoms with Crippen molar-refractivity contribution in [2.75, 3.05) is 0 Å². The third-order valence-electron chi connectivity index (χ3n) is 6.59. The molecule has 2 saturated carbocycles. The van der Waals surface area contributed by atoms with Gasteiger partial charge in [-0.25, -0.2) is 4.39 Å². The molecule has 0 bridgehead atoms. The number of carbonyl (C=O) groups is 1. The third-order valence-corrected chi connectivity index (χ3v) is 6.59. The summed E-state index contributed by atoms with van der Waals surface area (Å²) in [6.07, 6.45) is 11.7. The quantitative estimate of drug-likeness (QED) is 0.444. The van der Waals surface area contributed by atoms with Crippen LogP contribution in [0.4, 0.5) is 4.39 Å². The molecular weight excluding hydrogens is 353 g/mol. The molecule has 0 spiro atoms. The van der Waals surface area contributed by atoms with E-state index in [1.165, 1.54) is 12.8 Å². The van der Waals surface area contributed by atoms with Gasteiger partial charge in [0.2, 0.25) is 0 Å². The summed E-state index contributed by atoms with van der Waals surface area (Å²) >= 11 is 0. The van der Waals surface area contributed by atoms with Gasteiger partial charge in [-0.15, -0.1) is 6.58 Å². The molecule has 2 fully saturated rings. The van der Waals surface area contributed by atoms with Crippen molar-refractivity contribution in [3.63, 3.8) is 0 Å². The Hall–Kier alpha value is -2.15. The second kappa shape index (κ2) is 9.87. The maximum absolute atomic E-state index is 13.9. The van der Waals surface area contributed by atoms with Gasteiger partial charge in [0.15, 0.2) is 0 Å². The van der Waals surface area contributed by atoms with E-state index in [0.717, 1.165) is 55.9 Å². The van der Waals surface area contributed by atoms with Crippen LogP contribution in [0.5, 0.6) is 0 Å². The van der Waals surface area contributed by atoms with Gasteiger partial charge < -0.3 is 4.74 Å². The fourth-order valence-electron chi connectivity index (χ4n) is 4.94. The van der Waals surface area contributed by atoms with Crippen LogP contribution in [0, 0.1) is 29.0 Å². The molecule has 28 heavy (non-hydrogen) atoms. The summed E-state index contributed by atoms with van der Waals surface area (Å²) in [6, 6.07) is 6.96. The summed E-state index contributed by atoms with van der Waals surface area (Å²) in [6.45, 7) is 3.64. The summed E-state index contributed by atoms with van der Waals surface area (Å²) in [5, 5.41) is 8.88. The van der Waals surface area contributed by atoms with Crippen LogP contribution in [0.25, 0.3) is 0 Å². The zero-order chi connectivity index (χ0) is 19.9. The molecule has 0 heterocycles. The number of hydrogen-bond donors (Lipinski definition) is 0. The second-order valence-electron chi connectivity index (χ2n) is 8.32. The lowest BCUT2D eigenvalue weighted by Crippen LogP contribution is -2.29. The lowest BCUT2D eigenvalue weighted by atomic mass is 9.69. The van der Waals surface area contributed by atoms with E-state index in [0.29, 0.717) is 18.8 Å². The van der Waals surface area contributed by atoms with Crippen LogP contribution >= 0.6 is 0 Å². The summed E-state index contributed by atoms with van der Waals surface area (Å²) < 4.78 is 19.5. The molecule has 1 aromatic carbocycles. The Labute approximate surface area is 167 Å². The Bertz CT molecular complexity index is 723. The predicted octanol–water partition coefficient (Wildman–Crippen LogP) is 6.04. The van der Waals surface area contributed by atoms with Crippen LogP contribution < -0.4 is 0 Å². The van der Waals surface area contributed by atoms with Crippen LogP contribution in [0.15, 0.2) is 30.9 Å². The molecule has 1 aromatic rings. The number of halogens is 1. The van der Waals surface area contributed by atoms with Crippen molar-refractivity contribution >= 4 is 5.97 Å². The highest BCUT2D eigenvalue weighted by Gasteiger charge is 2.32. The predicted molar refractivity (Wildman–Crippen MR) is 107 cm³/mol. The standard InChI is InChI=1S/C24H30FNO2/c1-2-3-4-24(27)28-22-13-11-18(12-14-22)17-5-7-19(8-6-17)20-9-10-21(16-26)23(25)15-20/h2,9-10,15,17-19,22H,1,3-8,11-14H2/t17-,18?,19-,22?. The van der Waals surface area contributed by atoms with E-state index in [1.54, 1.807) is 18.2 Å². The molecule has 3 nitrogen and oxygen atoms in total. The molecule has 3 rings (SSSR count). The van der Waals surface area contributed by atoms with E-state index < -0.39 is 5.82 Å². The van der Waals surface area contributed by atoms with E-state index in [2.05, 4.69) is 6.58 Å². The highest BCUT2D eigenvalue weighted by Crippen LogP contribution is 2.43. The van der Waals surface area contributed by atoms with Gasteiger partial charge in [-0.2, -0.15) is 5.26 Å². The van der Waals surface area contributed by atoms with Gasteiger partial charge in [-0.1, -0.05) is 12.1 Å². The van der Waals surface area contributed by atoms with Gasteiger partial charge in [0.05, 0.1) is 5.56 Å². The number of ether oxygens (including phenoxy) is 1. The number of allylic oxidation sites excluding steroid dienone is 1. The molecule has 2 aliphatic carbocycles. The molecular formula is C24H30FNO2. The molecule has 2 aliphatic rings. The lowest BCUT2D eigenvalue weighted by Gasteiger charge is -2.37. The summed E-state index contributed by atoms with van der Waals surface area (Å²) in [4.78, 5) is 11.8. The number of rotatable bonds is 6. The first-order valence-electron chi connectivity index (χ1n) is 10.6. The zero-order valence-corrected chi connectivity index (χ0v) is 16.5. The summed E-state index contributed by atoms with van der Waals surface area (Å²) in [5.41, 5.74) is 1.16. The fraction of sp³-hybridized carbons (Fsp3) is 0.583. The number of hydrogen-bond acceptors (Lipinski definition) is 3. The zero-order valence-electron chi connectivity index (χ0n) is 16.5. The van der Waals surface area contributed by atoms with Crippen molar-refractivity contribution in [2.45, 2.75) is 76.2 Å². The minimum absolute atomic E-state index is 0.0894. The fourth-order valence-corrected chi connectivity index (χ4v) is 4.94. The molecule has 4 heteroatoms. The molecule has 0 atom stereocenters. The normalized spacial score (nSPS) is 27.6. The highest BCUT2D eigenvalue weighted by molar-refractivity contribution is 5.69. The monoisotopic (exact) mass is 383 g/mol. The number of carbonyl (C=O) groups excluding carboxylic acids is 1. The van der Waals surface area contributed by atoms with Crippen molar-refractivity contribution in [2.24, 2.45) is 11.8 Å². The molecule has 0 unspecified atom stereocenters. The van der Waals surface area contributed by atoms with Crippen molar-refractivity contribution in [3.8, 4) is 6.07 Å². The minimum atomic E-state index is -0.400. The van der Waals surface area contributed by atoms with Gasteiger partial charge in [0.25, 0.3) is 0 Å². The maximum atomic E-state index is 13.9. The van der Waals surface area contributed by atoms with Crippen LogP contribution in [-0.4, -0.2) is 12.1 Å². The smallest absolute Gasteiger partial charge is 0.306 e. The number of nitriles is 1. The molecule has 0 radical (unpaired) electrons. The Morgan fingerprint density at radius 1 is 1.14 bits per heavy atom. The molecule has 0 aromatic heterocycles. The number of nitrogens with zero attached hydrogens (tertiary/aromatic N) is 1. The lowest BCUT2D eigenvalue weighted by molar-refractivity contribution is -0.151. The molecule has 0 aliphatic heterocycles. The van der Waals surface area contributed by atoms with Crippen LogP contribution in [0.2, 0.25) is 0 Å². The average Bonchev–Trinajstić information content (AvgIpc) is 2.73. The summed E-state index contributed by atoms with van der Waals surface area (Å²) in [7, 11) is 0. The third kappa shape index (κ3) is 5.22. The molecule has 0 saturated heterocycles. The van der Waals surface area contributed by atoms with Gasteiger partial charge in [-0.05, 0) is 93.2 Å². The SMILES string of the molecule is C=CCCC(=O)OC1CCC([C@H]2CC[C@H](c3ccc(C#N)c(F)c3)CC2)CC1. The molecule has 0 amide bonds. The molecule has 150 valence electrons. The van der Waals surface area contributed by atoms with Crippen molar-refractivity contribution < 1.29 is 13.9 Å². The van der Waals surface area contributed by atoms with E-state index in [9.17, 15) is 9.18 Å². The first kappa shape index (κ1) is 20.6. The van der Waals surface area contributed by atoms with Crippen LogP contribution in [0.1, 0.15) is 81.3 Å². The van der Waals surface area contributed by atoms with Crippen molar-refractivity contribution in [1.29, 1.82) is 5.26 Å². The van der Waals surface area contributed by atoms with Gasteiger partial charge >= 0.3 is 5.97 Å². The first-order chi connectivity index (χ1) is 13.6. The van der Waals surface area contributed by atoms with Crippen molar-refractivity contribution in [3.05, 3.63) is 47.8 Å². The first-order valence-corrected chi connectivity index (χ1v) is 10.6. The van der Waals surface area contributed by atoms with Crippen LogP contribution in [-0.2, 0) is 9.53 Å². The van der Waals surface area contributed by atoms with Gasteiger partial charge in [-0.3, -0.25) is 4.79 Å².